The van der Waals surface area contributed by atoms with E-state index in [-0.39, 0.29) is 11.9 Å². The number of methoxy groups -OCH3 is 1. The molecule has 1 atom stereocenters. The van der Waals surface area contributed by atoms with Crippen molar-refractivity contribution in [2.75, 3.05) is 13.7 Å². The van der Waals surface area contributed by atoms with Gasteiger partial charge in [-0.25, -0.2) is 0 Å². The van der Waals surface area contributed by atoms with Crippen LogP contribution in [0.3, 0.4) is 0 Å². The first-order valence-electron chi connectivity index (χ1n) is 7.13. The van der Waals surface area contributed by atoms with Gasteiger partial charge < -0.3 is 14.5 Å². The molecule has 1 unspecified atom stereocenters. The van der Waals surface area contributed by atoms with Crippen molar-refractivity contribution in [3.05, 3.63) is 41.7 Å². The zero-order valence-electron chi connectivity index (χ0n) is 12.7. The summed E-state index contributed by atoms with van der Waals surface area (Å²) in [7, 11) is 1.61. The van der Waals surface area contributed by atoms with Crippen LogP contribution in [0.15, 0.2) is 34.8 Å². The number of amides is 1. The Kier molecular flexibility index (Phi) is 5.17. The smallest absolute Gasteiger partial charge is 0.244 e. The van der Waals surface area contributed by atoms with Gasteiger partial charge >= 0.3 is 0 Å². The molecule has 2 rings (SSSR count). The van der Waals surface area contributed by atoms with E-state index in [1.54, 1.807) is 13.2 Å². The Hall–Kier alpha value is -2.07. The molecular formula is C17H21NO3. The monoisotopic (exact) mass is 287 g/mol. The van der Waals surface area contributed by atoms with E-state index in [0.717, 1.165) is 28.7 Å². The van der Waals surface area contributed by atoms with Gasteiger partial charge in [0, 0.05) is 36.6 Å². The summed E-state index contributed by atoms with van der Waals surface area (Å²) in [5.41, 5.74) is 1.82. The van der Waals surface area contributed by atoms with E-state index in [4.69, 9.17) is 9.15 Å². The Bertz CT molecular complexity index is 643. The SMILES string of the molecule is CCc1oc2ccccc2c1/C=C/C(=O)NC(C)COC. The van der Waals surface area contributed by atoms with E-state index < -0.39 is 0 Å². The van der Waals surface area contributed by atoms with Gasteiger partial charge in [-0.05, 0) is 19.1 Å². The number of carbonyl (C=O) groups excluding carboxylic acids is 1. The average Bonchev–Trinajstić information content (AvgIpc) is 2.83. The molecule has 2 aromatic rings. The fraction of sp³-hybridized carbons (Fsp3) is 0.353. The number of ether oxygens (including phenoxy) is 1. The van der Waals surface area contributed by atoms with E-state index in [2.05, 4.69) is 5.32 Å². The van der Waals surface area contributed by atoms with E-state index in [1.165, 1.54) is 0 Å². The Morgan fingerprint density at radius 2 is 2.19 bits per heavy atom. The molecule has 0 aliphatic rings. The molecule has 0 saturated heterocycles. The number of furan rings is 1. The molecule has 0 fully saturated rings. The summed E-state index contributed by atoms with van der Waals surface area (Å²) in [5.74, 6) is 0.761. The van der Waals surface area contributed by atoms with Crippen molar-refractivity contribution < 1.29 is 13.9 Å². The molecule has 0 saturated carbocycles. The molecule has 1 aromatic carbocycles. The first-order chi connectivity index (χ1) is 10.2. The second-order valence-electron chi connectivity index (χ2n) is 4.99. The highest BCUT2D eigenvalue weighted by Crippen LogP contribution is 2.27. The van der Waals surface area contributed by atoms with Gasteiger partial charge in [0.2, 0.25) is 5.91 Å². The number of para-hydroxylation sites is 1. The average molecular weight is 287 g/mol. The minimum Gasteiger partial charge on any atom is -0.460 e. The summed E-state index contributed by atoms with van der Waals surface area (Å²) in [6, 6.07) is 7.84. The third-order valence-electron chi connectivity index (χ3n) is 3.24. The summed E-state index contributed by atoms with van der Waals surface area (Å²) in [6.45, 7) is 4.43. The fourth-order valence-electron chi connectivity index (χ4n) is 2.30. The topological polar surface area (TPSA) is 51.5 Å². The molecule has 0 radical (unpaired) electrons. The minimum atomic E-state index is -0.133. The summed E-state index contributed by atoms with van der Waals surface area (Å²) in [5, 5.41) is 3.88. The summed E-state index contributed by atoms with van der Waals surface area (Å²) in [6.07, 6.45) is 4.15. The lowest BCUT2D eigenvalue weighted by molar-refractivity contribution is -0.117. The molecular weight excluding hydrogens is 266 g/mol. The predicted octanol–water partition coefficient (Wildman–Crippen LogP) is 3.16. The maximum atomic E-state index is 11.9. The van der Waals surface area contributed by atoms with Gasteiger partial charge in [0.15, 0.2) is 0 Å². The maximum absolute atomic E-state index is 11.9. The quantitative estimate of drug-likeness (QED) is 0.830. The summed E-state index contributed by atoms with van der Waals surface area (Å²) >= 11 is 0. The van der Waals surface area contributed by atoms with Gasteiger partial charge in [0.25, 0.3) is 0 Å². The third-order valence-corrected chi connectivity index (χ3v) is 3.24. The summed E-state index contributed by atoms with van der Waals surface area (Å²) in [4.78, 5) is 11.9. The van der Waals surface area contributed by atoms with Crippen LogP contribution in [0.1, 0.15) is 25.2 Å². The highest BCUT2D eigenvalue weighted by Gasteiger charge is 2.10. The second-order valence-corrected chi connectivity index (χ2v) is 4.99. The Balaban J connectivity index is 2.18. The lowest BCUT2D eigenvalue weighted by atomic mass is 10.1. The lowest BCUT2D eigenvalue weighted by Gasteiger charge is -2.10. The van der Waals surface area contributed by atoms with Crippen molar-refractivity contribution in [1.29, 1.82) is 0 Å². The van der Waals surface area contributed by atoms with Crippen LogP contribution in [0.5, 0.6) is 0 Å². The van der Waals surface area contributed by atoms with Crippen molar-refractivity contribution >= 4 is 23.0 Å². The molecule has 4 heteroatoms. The molecule has 21 heavy (non-hydrogen) atoms. The number of hydrogen-bond acceptors (Lipinski definition) is 3. The number of rotatable bonds is 6. The summed E-state index contributed by atoms with van der Waals surface area (Å²) < 4.78 is 10.8. The Morgan fingerprint density at radius 3 is 2.90 bits per heavy atom. The molecule has 1 aromatic heterocycles. The molecule has 1 amide bonds. The van der Waals surface area contributed by atoms with Crippen LogP contribution in [0.25, 0.3) is 17.0 Å². The van der Waals surface area contributed by atoms with Crippen LogP contribution < -0.4 is 5.32 Å². The second kappa shape index (κ2) is 7.09. The van der Waals surface area contributed by atoms with E-state index in [9.17, 15) is 4.79 Å². The third kappa shape index (κ3) is 3.73. The van der Waals surface area contributed by atoms with Gasteiger partial charge in [0.05, 0.1) is 6.61 Å². The van der Waals surface area contributed by atoms with Crippen molar-refractivity contribution in [3.8, 4) is 0 Å². The highest BCUT2D eigenvalue weighted by molar-refractivity contribution is 5.96. The van der Waals surface area contributed by atoms with E-state index in [0.29, 0.717) is 6.61 Å². The van der Waals surface area contributed by atoms with Crippen LogP contribution in [0.4, 0.5) is 0 Å². The molecule has 0 spiro atoms. The number of hydrogen-bond donors (Lipinski definition) is 1. The first-order valence-corrected chi connectivity index (χ1v) is 7.13. The van der Waals surface area contributed by atoms with Gasteiger partial charge in [-0.2, -0.15) is 0 Å². The molecule has 0 aliphatic heterocycles. The first kappa shape index (κ1) is 15.3. The van der Waals surface area contributed by atoms with E-state index in [1.807, 2.05) is 44.2 Å². The molecule has 0 aliphatic carbocycles. The number of fused-ring (bicyclic) bond motifs is 1. The lowest BCUT2D eigenvalue weighted by Crippen LogP contribution is -2.34. The van der Waals surface area contributed by atoms with Crippen LogP contribution in [0, 0.1) is 0 Å². The normalized spacial score (nSPS) is 12.9. The number of carbonyl (C=O) groups is 1. The van der Waals surface area contributed by atoms with Crippen LogP contribution in [0.2, 0.25) is 0 Å². The minimum absolute atomic E-state index is 0.0149. The Labute approximate surface area is 124 Å². The molecule has 1 N–H and O–H groups in total. The van der Waals surface area contributed by atoms with E-state index >= 15 is 0 Å². The van der Waals surface area contributed by atoms with Crippen LogP contribution in [-0.2, 0) is 16.0 Å². The van der Waals surface area contributed by atoms with Gasteiger partial charge in [-0.3, -0.25) is 4.79 Å². The number of nitrogens with one attached hydrogen (secondary N) is 1. The fourth-order valence-corrected chi connectivity index (χ4v) is 2.30. The Morgan fingerprint density at radius 1 is 1.43 bits per heavy atom. The van der Waals surface area contributed by atoms with Gasteiger partial charge in [0.1, 0.15) is 11.3 Å². The predicted molar refractivity (Wildman–Crippen MR) is 84.1 cm³/mol. The molecule has 112 valence electrons. The van der Waals surface area contributed by atoms with Gasteiger partial charge in [-0.15, -0.1) is 0 Å². The maximum Gasteiger partial charge on any atom is 0.244 e. The van der Waals surface area contributed by atoms with Crippen molar-refractivity contribution in [1.82, 2.24) is 5.32 Å². The van der Waals surface area contributed by atoms with Crippen LogP contribution in [-0.4, -0.2) is 25.7 Å². The van der Waals surface area contributed by atoms with Gasteiger partial charge in [-0.1, -0.05) is 25.1 Å². The van der Waals surface area contributed by atoms with Crippen molar-refractivity contribution in [2.45, 2.75) is 26.3 Å². The van der Waals surface area contributed by atoms with Crippen molar-refractivity contribution in [3.63, 3.8) is 0 Å². The van der Waals surface area contributed by atoms with Crippen molar-refractivity contribution in [2.24, 2.45) is 0 Å². The number of benzene rings is 1. The molecule has 1 heterocycles. The molecule has 4 nitrogen and oxygen atoms in total. The zero-order chi connectivity index (χ0) is 15.2. The van der Waals surface area contributed by atoms with Crippen LogP contribution >= 0.6 is 0 Å². The highest BCUT2D eigenvalue weighted by atomic mass is 16.5. The molecule has 0 bridgehead atoms. The number of aryl methyl sites for hydroxylation is 1. The standard InChI is InChI=1S/C17H21NO3/c1-4-15-14(13-7-5-6-8-16(13)21-15)9-10-17(19)18-12(2)11-20-3/h5-10,12H,4,11H2,1-3H3,(H,18,19)/b10-9+. The zero-order valence-corrected chi connectivity index (χ0v) is 12.7. The largest absolute Gasteiger partial charge is 0.460 e.